The van der Waals surface area contributed by atoms with Gasteiger partial charge in [0.05, 0.1) is 0 Å². The third-order valence-corrected chi connectivity index (χ3v) is 5.57. The summed E-state index contributed by atoms with van der Waals surface area (Å²) in [5.41, 5.74) is 9.39. The third kappa shape index (κ3) is 5.30. The van der Waals surface area contributed by atoms with Crippen LogP contribution < -0.4 is 11.1 Å². The number of amides is 1. The standard InChI is InChI=1S/C25H30N4O/c1-19(2)22-7-9-23(10-8-22)25(24(26)30,13-11-20-5-3-14-27-17-20)29-16-12-21-6-4-15-28-18-21/h3-10,14-15,17-19,29H,11-13,16H2,1-2H3,(H2,26,30). The van der Waals surface area contributed by atoms with Crippen LogP contribution in [0.2, 0.25) is 0 Å². The van der Waals surface area contributed by atoms with E-state index in [0.29, 0.717) is 25.3 Å². The summed E-state index contributed by atoms with van der Waals surface area (Å²) in [6.07, 6.45) is 9.21. The van der Waals surface area contributed by atoms with E-state index in [1.807, 2.05) is 48.8 Å². The average Bonchev–Trinajstić information content (AvgIpc) is 2.77. The van der Waals surface area contributed by atoms with E-state index in [2.05, 4.69) is 41.3 Å². The molecule has 0 aliphatic heterocycles. The Kier molecular flexibility index (Phi) is 7.31. The third-order valence-electron chi connectivity index (χ3n) is 5.57. The number of hydrogen-bond donors (Lipinski definition) is 2. The van der Waals surface area contributed by atoms with Gasteiger partial charge < -0.3 is 5.73 Å². The molecule has 2 heterocycles. The summed E-state index contributed by atoms with van der Waals surface area (Å²) in [5.74, 6) is 0.0610. The molecule has 0 aliphatic carbocycles. The van der Waals surface area contributed by atoms with Crippen LogP contribution in [0.25, 0.3) is 0 Å². The first kappa shape index (κ1) is 21.7. The number of primary amides is 1. The molecule has 0 fully saturated rings. The quantitative estimate of drug-likeness (QED) is 0.541. The average molecular weight is 403 g/mol. The van der Waals surface area contributed by atoms with Crippen LogP contribution in [-0.4, -0.2) is 22.4 Å². The van der Waals surface area contributed by atoms with Gasteiger partial charge >= 0.3 is 0 Å². The Morgan fingerprint density at radius 1 is 0.967 bits per heavy atom. The molecule has 1 unspecified atom stereocenters. The maximum Gasteiger partial charge on any atom is 0.242 e. The molecule has 5 heteroatoms. The molecule has 2 aromatic heterocycles. The van der Waals surface area contributed by atoms with Crippen LogP contribution in [0.5, 0.6) is 0 Å². The highest BCUT2D eigenvalue weighted by atomic mass is 16.1. The fourth-order valence-corrected chi connectivity index (χ4v) is 3.68. The molecule has 3 rings (SSSR count). The molecule has 1 atom stereocenters. The number of carbonyl (C=O) groups is 1. The van der Waals surface area contributed by atoms with E-state index in [0.717, 1.165) is 23.1 Å². The summed E-state index contributed by atoms with van der Waals surface area (Å²) in [4.78, 5) is 21.2. The zero-order valence-electron chi connectivity index (χ0n) is 17.7. The second kappa shape index (κ2) is 10.1. The zero-order valence-corrected chi connectivity index (χ0v) is 17.7. The van der Waals surface area contributed by atoms with E-state index < -0.39 is 5.54 Å². The maximum absolute atomic E-state index is 12.8. The number of nitrogens with zero attached hydrogens (tertiary/aromatic N) is 2. The second-order valence-corrected chi connectivity index (χ2v) is 7.95. The summed E-state index contributed by atoms with van der Waals surface area (Å²) >= 11 is 0. The SMILES string of the molecule is CC(C)c1ccc(C(CCc2cccnc2)(NCCc2cccnc2)C(N)=O)cc1. The number of rotatable bonds is 10. The fourth-order valence-electron chi connectivity index (χ4n) is 3.68. The molecule has 0 spiro atoms. The Morgan fingerprint density at radius 3 is 2.07 bits per heavy atom. The van der Waals surface area contributed by atoms with Crippen molar-refractivity contribution >= 4 is 5.91 Å². The summed E-state index contributed by atoms with van der Waals surface area (Å²) in [7, 11) is 0. The van der Waals surface area contributed by atoms with Crippen LogP contribution in [-0.2, 0) is 23.2 Å². The molecule has 0 saturated carbocycles. The number of benzene rings is 1. The molecule has 1 amide bonds. The van der Waals surface area contributed by atoms with Crippen molar-refractivity contribution in [2.45, 2.75) is 44.6 Å². The minimum Gasteiger partial charge on any atom is -0.368 e. The molecule has 3 aromatic rings. The van der Waals surface area contributed by atoms with E-state index in [1.165, 1.54) is 5.56 Å². The van der Waals surface area contributed by atoms with Crippen LogP contribution in [0.4, 0.5) is 0 Å². The molecule has 0 aliphatic rings. The van der Waals surface area contributed by atoms with Crippen molar-refractivity contribution in [2.75, 3.05) is 6.54 Å². The first-order valence-corrected chi connectivity index (χ1v) is 10.4. The van der Waals surface area contributed by atoms with E-state index in [-0.39, 0.29) is 5.91 Å². The van der Waals surface area contributed by atoms with Crippen LogP contribution in [0.1, 0.15) is 48.4 Å². The van der Waals surface area contributed by atoms with Crippen molar-refractivity contribution in [3.8, 4) is 0 Å². The van der Waals surface area contributed by atoms with Crippen molar-refractivity contribution < 1.29 is 4.79 Å². The molecule has 0 radical (unpaired) electrons. The van der Waals surface area contributed by atoms with E-state index in [1.54, 1.807) is 12.4 Å². The minimum absolute atomic E-state index is 0.366. The van der Waals surface area contributed by atoms with Crippen LogP contribution in [0.3, 0.4) is 0 Å². The van der Waals surface area contributed by atoms with Crippen molar-refractivity contribution in [3.05, 3.63) is 95.6 Å². The molecule has 156 valence electrons. The predicted octanol–water partition coefficient (Wildman–Crippen LogP) is 3.75. The molecule has 30 heavy (non-hydrogen) atoms. The van der Waals surface area contributed by atoms with Crippen molar-refractivity contribution in [2.24, 2.45) is 5.73 Å². The summed E-state index contributed by atoms with van der Waals surface area (Å²) in [6.45, 7) is 4.93. The summed E-state index contributed by atoms with van der Waals surface area (Å²) in [5, 5.41) is 3.49. The number of hydrogen-bond acceptors (Lipinski definition) is 4. The minimum atomic E-state index is -0.951. The second-order valence-electron chi connectivity index (χ2n) is 7.95. The smallest absolute Gasteiger partial charge is 0.242 e. The number of nitrogens with two attached hydrogens (primary N) is 1. The van der Waals surface area contributed by atoms with Gasteiger partial charge in [-0.15, -0.1) is 0 Å². The van der Waals surface area contributed by atoms with Crippen molar-refractivity contribution in [3.63, 3.8) is 0 Å². The Hall–Kier alpha value is -3.05. The van der Waals surface area contributed by atoms with Crippen molar-refractivity contribution in [1.29, 1.82) is 0 Å². The number of aromatic nitrogens is 2. The number of pyridine rings is 2. The van der Waals surface area contributed by atoms with Gasteiger partial charge in [0.15, 0.2) is 0 Å². The molecular weight excluding hydrogens is 372 g/mol. The Bertz CT molecular complexity index is 926. The van der Waals surface area contributed by atoms with Gasteiger partial charge in [-0.25, -0.2) is 0 Å². The number of aryl methyl sites for hydroxylation is 1. The predicted molar refractivity (Wildman–Crippen MR) is 120 cm³/mol. The molecular formula is C25H30N4O. The monoisotopic (exact) mass is 402 g/mol. The zero-order chi connectivity index (χ0) is 21.4. The van der Waals surface area contributed by atoms with Gasteiger partial charge in [0, 0.05) is 31.3 Å². The fraction of sp³-hybridized carbons (Fsp3) is 0.320. The lowest BCUT2D eigenvalue weighted by Gasteiger charge is -2.33. The molecule has 0 saturated heterocycles. The molecule has 0 bridgehead atoms. The maximum atomic E-state index is 12.8. The van der Waals surface area contributed by atoms with Gasteiger partial charge in [-0.3, -0.25) is 20.1 Å². The lowest BCUT2D eigenvalue weighted by Crippen LogP contribution is -2.53. The number of carbonyl (C=O) groups excluding carboxylic acids is 1. The normalized spacial score (nSPS) is 13.2. The highest BCUT2D eigenvalue weighted by Crippen LogP contribution is 2.29. The molecule has 1 aromatic carbocycles. The van der Waals surface area contributed by atoms with Crippen LogP contribution in [0.15, 0.2) is 73.3 Å². The van der Waals surface area contributed by atoms with Gasteiger partial charge in [-0.2, -0.15) is 0 Å². The number of nitrogens with one attached hydrogen (secondary N) is 1. The van der Waals surface area contributed by atoms with E-state index in [4.69, 9.17) is 5.73 Å². The molecule has 3 N–H and O–H groups in total. The Labute approximate surface area is 178 Å². The summed E-state index contributed by atoms with van der Waals surface area (Å²) in [6, 6.07) is 16.1. The van der Waals surface area contributed by atoms with E-state index >= 15 is 0 Å². The topological polar surface area (TPSA) is 80.9 Å². The van der Waals surface area contributed by atoms with Gasteiger partial charge in [0.2, 0.25) is 5.91 Å². The molecule has 5 nitrogen and oxygen atoms in total. The van der Waals surface area contributed by atoms with Crippen LogP contribution >= 0.6 is 0 Å². The van der Waals surface area contributed by atoms with Crippen molar-refractivity contribution in [1.82, 2.24) is 15.3 Å². The lowest BCUT2D eigenvalue weighted by atomic mass is 9.82. The Balaban J connectivity index is 1.86. The van der Waals surface area contributed by atoms with Gasteiger partial charge in [-0.05, 0) is 59.6 Å². The summed E-state index contributed by atoms with van der Waals surface area (Å²) < 4.78 is 0. The Morgan fingerprint density at radius 2 is 1.57 bits per heavy atom. The first-order valence-electron chi connectivity index (χ1n) is 10.4. The highest BCUT2D eigenvalue weighted by Gasteiger charge is 2.37. The van der Waals surface area contributed by atoms with Gasteiger partial charge in [0.25, 0.3) is 0 Å². The van der Waals surface area contributed by atoms with Crippen LogP contribution in [0, 0.1) is 0 Å². The first-order chi connectivity index (χ1) is 14.5. The van der Waals surface area contributed by atoms with Gasteiger partial charge in [0.1, 0.15) is 5.54 Å². The lowest BCUT2D eigenvalue weighted by molar-refractivity contribution is -0.125. The largest absolute Gasteiger partial charge is 0.368 e. The highest BCUT2D eigenvalue weighted by molar-refractivity contribution is 5.86. The van der Waals surface area contributed by atoms with E-state index in [9.17, 15) is 4.79 Å². The van der Waals surface area contributed by atoms with Gasteiger partial charge in [-0.1, -0.05) is 50.2 Å².